The summed E-state index contributed by atoms with van der Waals surface area (Å²) in [5.41, 5.74) is 1.01. The second kappa shape index (κ2) is 5.51. The molecule has 114 valence electrons. The predicted molar refractivity (Wildman–Crippen MR) is 72.4 cm³/mol. The van der Waals surface area contributed by atoms with Gasteiger partial charge in [0.05, 0.1) is 32.7 Å². The number of carbonyl (C=O) groups excluding carboxylic acids is 2. The van der Waals surface area contributed by atoms with Crippen LogP contribution in [-0.2, 0) is 16.1 Å². The highest BCUT2D eigenvalue weighted by atomic mass is 16.5. The average molecular weight is 295 g/mol. The van der Waals surface area contributed by atoms with Gasteiger partial charge in [-0.25, -0.2) is 0 Å². The number of carbonyl (C=O) groups is 2. The number of fused-ring (bicyclic) bond motifs is 1. The lowest BCUT2D eigenvalue weighted by Crippen LogP contribution is -2.27. The van der Waals surface area contributed by atoms with Crippen LogP contribution in [0.15, 0.2) is 0 Å². The predicted octanol–water partition coefficient (Wildman–Crippen LogP) is 0.934. The normalized spacial score (nSPS) is 13.3. The molecule has 0 aliphatic carbocycles. The topological polar surface area (TPSA) is 96.3 Å². The van der Waals surface area contributed by atoms with Crippen molar-refractivity contribution in [2.45, 2.75) is 19.9 Å². The lowest BCUT2D eigenvalue weighted by atomic mass is 10.0. The van der Waals surface area contributed by atoms with E-state index < -0.39 is 5.97 Å². The van der Waals surface area contributed by atoms with E-state index >= 15 is 0 Å². The number of aromatic hydroxyl groups is 2. The van der Waals surface area contributed by atoms with Crippen LogP contribution in [0.2, 0.25) is 0 Å². The minimum atomic E-state index is -0.417. The molecule has 0 radical (unpaired) electrons. The lowest BCUT2D eigenvalue weighted by Gasteiger charge is -2.14. The van der Waals surface area contributed by atoms with Gasteiger partial charge in [-0.3, -0.25) is 9.59 Å². The van der Waals surface area contributed by atoms with Crippen LogP contribution in [-0.4, -0.2) is 47.8 Å². The van der Waals surface area contributed by atoms with E-state index in [1.807, 2.05) is 0 Å². The Morgan fingerprint density at radius 3 is 2.52 bits per heavy atom. The van der Waals surface area contributed by atoms with E-state index in [9.17, 15) is 19.8 Å². The first-order valence-electron chi connectivity index (χ1n) is 6.39. The van der Waals surface area contributed by atoms with E-state index in [0.717, 1.165) is 0 Å². The molecule has 0 saturated carbocycles. The molecule has 21 heavy (non-hydrogen) atoms. The Morgan fingerprint density at radius 1 is 1.29 bits per heavy atom. The van der Waals surface area contributed by atoms with Crippen LogP contribution in [0.1, 0.15) is 27.9 Å². The molecule has 1 aromatic carbocycles. The Labute approximate surface area is 121 Å². The third-order valence-electron chi connectivity index (χ3n) is 3.62. The van der Waals surface area contributed by atoms with Crippen molar-refractivity contribution in [2.24, 2.45) is 0 Å². The van der Waals surface area contributed by atoms with Crippen LogP contribution in [0.4, 0.5) is 0 Å². The van der Waals surface area contributed by atoms with Crippen molar-refractivity contribution in [1.82, 2.24) is 4.90 Å². The van der Waals surface area contributed by atoms with Crippen molar-refractivity contribution in [3.8, 4) is 17.2 Å². The molecule has 1 aliphatic rings. The number of rotatable bonds is 4. The van der Waals surface area contributed by atoms with E-state index in [1.165, 1.54) is 19.1 Å². The van der Waals surface area contributed by atoms with Gasteiger partial charge in [0.25, 0.3) is 5.91 Å². The molecule has 1 aliphatic heterocycles. The molecule has 1 aromatic rings. The minimum Gasteiger partial charge on any atom is -0.504 e. The smallest absolute Gasteiger partial charge is 0.307 e. The number of hydrogen-bond donors (Lipinski definition) is 2. The number of ether oxygens (including phenoxy) is 2. The zero-order chi connectivity index (χ0) is 15.7. The fraction of sp³-hybridized carbons (Fsp3) is 0.429. The van der Waals surface area contributed by atoms with Gasteiger partial charge in [-0.05, 0) is 6.92 Å². The molecule has 0 spiro atoms. The second-order valence-electron chi connectivity index (χ2n) is 4.76. The highest BCUT2D eigenvalue weighted by Gasteiger charge is 2.35. The molecule has 2 N–H and O–H groups in total. The molecular weight excluding hydrogens is 278 g/mol. The number of esters is 1. The maximum atomic E-state index is 12.3. The third-order valence-corrected chi connectivity index (χ3v) is 3.62. The van der Waals surface area contributed by atoms with Gasteiger partial charge in [0.15, 0.2) is 11.5 Å². The summed E-state index contributed by atoms with van der Waals surface area (Å²) >= 11 is 0. The van der Waals surface area contributed by atoms with Crippen molar-refractivity contribution in [2.75, 3.05) is 20.8 Å². The van der Waals surface area contributed by atoms with E-state index in [4.69, 9.17) is 4.74 Å². The Hall–Kier alpha value is -2.44. The summed E-state index contributed by atoms with van der Waals surface area (Å²) in [6.45, 7) is 1.93. The zero-order valence-electron chi connectivity index (χ0n) is 12.1. The molecule has 7 heteroatoms. The molecule has 0 atom stereocenters. The summed E-state index contributed by atoms with van der Waals surface area (Å²) in [5, 5.41) is 20.1. The first-order chi connectivity index (χ1) is 9.92. The van der Waals surface area contributed by atoms with Gasteiger partial charge in [-0.1, -0.05) is 0 Å². The highest BCUT2D eigenvalue weighted by Crippen LogP contribution is 2.46. The molecule has 1 amide bonds. The van der Waals surface area contributed by atoms with Crippen molar-refractivity contribution in [1.29, 1.82) is 0 Å². The average Bonchev–Trinajstić information content (AvgIpc) is 2.80. The van der Waals surface area contributed by atoms with Crippen LogP contribution in [0, 0.1) is 6.92 Å². The summed E-state index contributed by atoms with van der Waals surface area (Å²) in [7, 11) is 2.61. The monoisotopic (exact) mass is 295 g/mol. The molecule has 0 aromatic heterocycles. The van der Waals surface area contributed by atoms with Gasteiger partial charge in [-0.15, -0.1) is 0 Å². The standard InChI is InChI=1S/C14H17NO6/c1-7-10-8(12(18)13(21-3)11(7)17)6-15(14(10)19)5-4-9(16)20-2/h17-18H,4-6H2,1-3H3. The maximum absolute atomic E-state index is 12.3. The van der Waals surface area contributed by atoms with Crippen LogP contribution in [0.5, 0.6) is 17.2 Å². The Bertz CT molecular complexity index is 610. The summed E-state index contributed by atoms with van der Waals surface area (Å²) in [5.74, 6) is -1.30. The SMILES string of the molecule is COC(=O)CCN1Cc2c(O)c(OC)c(O)c(C)c2C1=O. The van der Waals surface area contributed by atoms with Crippen molar-refractivity contribution < 1.29 is 29.3 Å². The number of nitrogens with zero attached hydrogens (tertiary/aromatic N) is 1. The molecule has 0 unspecified atom stereocenters. The van der Waals surface area contributed by atoms with Gasteiger partial charge in [0, 0.05) is 17.7 Å². The highest BCUT2D eigenvalue weighted by molar-refractivity contribution is 6.02. The summed E-state index contributed by atoms with van der Waals surface area (Å²) in [6, 6.07) is 0. The lowest BCUT2D eigenvalue weighted by molar-refractivity contribution is -0.140. The maximum Gasteiger partial charge on any atom is 0.307 e. The largest absolute Gasteiger partial charge is 0.504 e. The number of benzene rings is 1. The molecule has 0 fully saturated rings. The minimum absolute atomic E-state index is 0.0473. The molecule has 2 rings (SSSR count). The van der Waals surface area contributed by atoms with Crippen molar-refractivity contribution >= 4 is 11.9 Å². The fourth-order valence-corrected chi connectivity index (χ4v) is 2.45. The Morgan fingerprint density at radius 2 is 1.95 bits per heavy atom. The van der Waals surface area contributed by atoms with Gasteiger partial charge in [0.1, 0.15) is 0 Å². The molecular formula is C14H17NO6. The Balaban J connectivity index is 2.35. The number of phenols is 2. The van der Waals surface area contributed by atoms with Gasteiger partial charge in [-0.2, -0.15) is 0 Å². The molecule has 0 bridgehead atoms. The summed E-state index contributed by atoms with van der Waals surface area (Å²) in [4.78, 5) is 24.9. The molecule has 1 heterocycles. The van der Waals surface area contributed by atoms with E-state index in [0.29, 0.717) is 11.1 Å². The first-order valence-corrected chi connectivity index (χ1v) is 6.39. The van der Waals surface area contributed by atoms with E-state index in [2.05, 4.69) is 4.74 Å². The van der Waals surface area contributed by atoms with Crippen LogP contribution < -0.4 is 4.74 Å². The van der Waals surface area contributed by atoms with Crippen LogP contribution in [0.3, 0.4) is 0 Å². The van der Waals surface area contributed by atoms with Gasteiger partial charge < -0.3 is 24.6 Å². The summed E-state index contributed by atoms with van der Waals surface area (Å²) < 4.78 is 9.50. The van der Waals surface area contributed by atoms with Gasteiger partial charge >= 0.3 is 5.97 Å². The quantitative estimate of drug-likeness (QED) is 0.802. The number of phenolic OH excluding ortho intramolecular Hbond substituents is 2. The van der Waals surface area contributed by atoms with Gasteiger partial charge in [0.2, 0.25) is 5.75 Å². The third kappa shape index (κ3) is 2.35. The second-order valence-corrected chi connectivity index (χ2v) is 4.76. The number of hydrogen-bond acceptors (Lipinski definition) is 6. The number of methoxy groups -OCH3 is 2. The summed E-state index contributed by atoms with van der Waals surface area (Å²) in [6.07, 6.45) is 0.0686. The molecule has 7 nitrogen and oxygen atoms in total. The number of amides is 1. The van der Waals surface area contributed by atoms with Crippen LogP contribution >= 0.6 is 0 Å². The van der Waals surface area contributed by atoms with E-state index in [-0.39, 0.29) is 48.2 Å². The van der Waals surface area contributed by atoms with Crippen molar-refractivity contribution in [3.05, 3.63) is 16.7 Å². The fourth-order valence-electron chi connectivity index (χ4n) is 2.45. The van der Waals surface area contributed by atoms with Crippen molar-refractivity contribution in [3.63, 3.8) is 0 Å². The zero-order valence-corrected chi connectivity index (χ0v) is 12.1. The van der Waals surface area contributed by atoms with E-state index in [1.54, 1.807) is 6.92 Å². The van der Waals surface area contributed by atoms with Crippen LogP contribution in [0.25, 0.3) is 0 Å². The molecule has 0 saturated heterocycles. The first kappa shape index (κ1) is 15.0. The Kier molecular flexibility index (Phi) is 3.93.